The van der Waals surface area contributed by atoms with E-state index >= 15 is 0 Å². The van der Waals surface area contributed by atoms with E-state index in [1.807, 2.05) is 26.2 Å². The predicted octanol–water partition coefficient (Wildman–Crippen LogP) is 2.88. The van der Waals surface area contributed by atoms with E-state index in [1.165, 1.54) is 10.6 Å². The summed E-state index contributed by atoms with van der Waals surface area (Å²) in [6.45, 7) is 2.11. The minimum Gasteiger partial charge on any atom is -0.398 e. The molecule has 0 aliphatic carbocycles. The third-order valence-electron chi connectivity index (χ3n) is 5.40. The van der Waals surface area contributed by atoms with Crippen LogP contribution < -0.4 is 5.73 Å². The van der Waals surface area contributed by atoms with Crippen molar-refractivity contribution >= 4 is 31.1 Å². The molecule has 9 heteroatoms. The van der Waals surface area contributed by atoms with Gasteiger partial charge in [-0.3, -0.25) is 4.31 Å². The first kappa shape index (κ1) is 22.2. The summed E-state index contributed by atoms with van der Waals surface area (Å²) >= 11 is 0. The molecule has 0 fully saturated rings. The van der Waals surface area contributed by atoms with Crippen molar-refractivity contribution in [3.8, 4) is 0 Å². The van der Waals surface area contributed by atoms with Crippen LogP contribution in [0.5, 0.6) is 0 Å². The van der Waals surface area contributed by atoms with Gasteiger partial charge in [-0.25, -0.2) is 16.8 Å². The summed E-state index contributed by atoms with van der Waals surface area (Å²) in [5.74, 6) is -0.0981. The molecule has 2 heterocycles. The Kier molecular flexibility index (Phi) is 5.42. The normalized spacial score (nSPS) is 16.4. The number of sulfone groups is 1. The number of aryl methyl sites for hydroxylation is 1. The Hall–Kier alpha value is -3.04. The van der Waals surface area contributed by atoms with Gasteiger partial charge in [0.1, 0.15) is 0 Å². The number of benzene rings is 2. The summed E-state index contributed by atoms with van der Waals surface area (Å²) in [6, 6.07) is 11.9. The van der Waals surface area contributed by atoms with Gasteiger partial charge >= 0.3 is 0 Å². The summed E-state index contributed by atoms with van der Waals surface area (Å²) in [5.41, 5.74) is 11.1. The maximum Gasteiger partial charge on any atom is 0.264 e. The molecule has 0 saturated carbocycles. The SMILES string of the molecule is Cc1ccc(S(=O)(=O)N2CC=C3C(c4cc(CS(C)(=O)=O)ccc4N)=CN(C)C=C32)cc1. The molecule has 0 saturated heterocycles. The summed E-state index contributed by atoms with van der Waals surface area (Å²) < 4.78 is 51.6. The van der Waals surface area contributed by atoms with Crippen molar-refractivity contribution < 1.29 is 16.8 Å². The van der Waals surface area contributed by atoms with E-state index in [9.17, 15) is 16.8 Å². The van der Waals surface area contributed by atoms with Gasteiger partial charge in [0.15, 0.2) is 9.84 Å². The van der Waals surface area contributed by atoms with Gasteiger partial charge < -0.3 is 10.6 Å². The monoisotopic (exact) mass is 471 g/mol. The maximum atomic E-state index is 13.4. The first-order valence-electron chi connectivity index (χ1n) is 9.98. The number of sulfonamides is 1. The molecular formula is C23H25N3O4S2. The van der Waals surface area contributed by atoms with Crippen molar-refractivity contribution in [2.45, 2.75) is 17.6 Å². The average molecular weight is 472 g/mol. The highest BCUT2D eigenvalue weighted by Crippen LogP contribution is 2.41. The molecule has 0 bridgehead atoms. The van der Waals surface area contributed by atoms with Crippen molar-refractivity contribution in [2.75, 3.05) is 25.6 Å². The van der Waals surface area contributed by atoms with Gasteiger partial charge in [0.25, 0.3) is 10.0 Å². The molecule has 0 aromatic heterocycles. The predicted molar refractivity (Wildman–Crippen MR) is 126 cm³/mol. The van der Waals surface area contributed by atoms with Crippen molar-refractivity contribution in [1.29, 1.82) is 0 Å². The maximum absolute atomic E-state index is 13.4. The molecule has 2 aromatic rings. The molecule has 4 rings (SSSR count). The number of allylic oxidation sites excluding steroid dienone is 1. The number of nitrogens with zero attached hydrogens (tertiary/aromatic N) is 2. The first-order valence-corrected chi connectivity index (χ1v) is 13.5. The molecule has 2 aromatic carbocycles. The summed E-state index contributed by atoms with van der Waals surface area (Å²) in [7, 11) is -5.15. The van der Waals surface area contributed by atoms with E-state index < -0.39 is 19.9 Å². The molecule has 0 atom stereocenters. The van der Waals surface area contributed by atoms with Crippen LogP contribution in [-0.2, 0) is 25.6 Å². The van der Waals surface area contributed by atoms with E-state index in [4.69, 9.17) is 5.73 Å². The lowest BCUT2D eigenvalue weighted by Crippen LogP contribution is -2.30. The second-order valence-corrected chi connectivity index (χ2v) is 12.2. The topological polar surface area (TPSA) is 101 Å². The first-order chi connectivity index (χ1) is 15.0. The fourth-order valence-electron chi connectivity index (χ4n) is 3.91. The molecular weight excluding hydrogens is 446 g/mol. The second kappa shape index (κ2) is 7.83. The summed E-state index contributed by atoms with van der Waals surface area (Å²) in [6.07, 6.45) is 6.68. The van der Waals surface area contributed by atoms with Crippen LogP contribution in [0.3, 0.4) is 0 Å². The van der Waals surface area contributed by atoms with Gasteiger partial charge in [-0.05, 0) is 36.8 Å². The summed E-state index contributed by atoms with van der Waals surface area (Å²) in [5, 5.41) is 0. The zero-order valence-electron chi connectivity index (χ0n) is 18.1. The van der Waals surface area contributed by atoms with Gasteiger partial charge in [-0.1, -0.05) is 29.8 Å². The number of nitrogen functional groups attached to an aromatic ring is 1. The largest absolute Gasteiger partial charge is 0.398 e. The fraction of sp³-hybridized carbons (Fsp3) is 0.217. The Bertz CT molecular complexity index is 1390. The smallest absolute Gasteiger partial charge is 0.264 e. The zero-order valence-corrected chi connectivity index (χ0v) is 19.7. The van der Waals surface area contributed by atoms with Crippen LogP contribution in [0.1, 0.15) is 16.7 Å². The highest BCUT2D eigenvalue weighted by Gasteiger charge is 2.35. The molecule has 7 nitrogen and oxygen atoms in total. The quantitative estimate of drug-likeness (QED) is 0.673. The molecule has 0 unspecified atom stereocenters. The number of hydrogen-bond donors (Lipinski definition) is 1. The molecule has 0 spiro atoms. The average Bonchev–Trinajstić information content (AvgIpc) is 3.12. The van der Waals surface area contributed by atoms with E-state index in [1.54, 1.807) is 53.6 Å². The van der Waals surface area contributed by atoms with Crippen LogP contribution in [0.25, 0.3) is 5.57 Å². The highest BCUT2D eigenvalue weighted by atomic mass is 32.2. The minimum atomic E-state index is -3.75. The van der Waals surface area contributed by atoms with Crippen molar-refractivity contribution in [2.24, 2.45) is 0 Å². The standard InChI is InChI=1S/C23H25N3O4S2/c1-16-4-7-18(8-5-16)32(29,30)26-11-10-19-21(13-25(2)14-23(19)26)20-12-17(6-9-22(20)24)15-31(3,27)28/h4-10,12-14H,11,15,24H2,1-3H3. The third-order valence-corrected chi connectivity index (χ3v) is 8.05. The molecule has 0 amide bonds. The Morgan fingerprint density at radius 3 is 2.31 bits per heavy atom. The van der Waals surface area contributed by atoms with Crippen LogP contribution in [-0.4, -0.2) is 45.9 Å². The number of nitrogens with two attached hydrogens (primary N) is 1. The molecule has 168 valence electrons. The van der Waals surface area contributed by atoms with E-state index in [0.717, 1.165) is 16.7 Å². The number of hydrogen-bond acceptors (Lipinski definition) is 6. The Balaban J connectivity index is 1.73. The lowest BCUT2D eigenvalue weighted by atomic mass is 9.93. The van der Waals surface area contributed by atoms with Crippen LogP contribution in [0, 0.1) is 6.92 Å². The van der Waals surface area contributed by atoms with Crippen molar-refractivity contribution in [3.63, 3.8) is 0 Å². The lowest BCUT2D eigenvalue weighted by molar-refractivity contribution is 0.505. The number of fused-ring (bicyclic) bond motifs is 1. The Morgan fingerprint density at radius 1 is 0.969 bits per heavy atom. The van der Waals surface area contributed by atoms with Crippen LogP contribution in [0.2, 0.25) is 0 Å². The van der Waals surface area contributed by atoms with E-state index in [0.29, 0.717) is 22.5 Å². The zero-order chi connectivity index (χ0) is 23.3. The molecule has 2 aliphatic rings. The number of anilines is 1. The van der Waals surface area contributed by atoms with Gasteiger partial charge in [-0.2, -0.15) is 0 Å². The Labute approximate surface area is 189 Å². The van der Waals surface area contributed by atoms with Crippen LogP contribution >= 0.6 is 0 Å². The van der Waals surface area contributed by atoms with Crippen molar-refractivity contribution in [3.05, 3.63) is 88.9 Å². The van der Waals surface area contributed by atoms with Gasteiger partial charge in [0, 0.05) is 48.1 Å². The molecule has 0 radical (unpaired) electrons. The summed E-state index contributed by atoms with van der Waals surface area (Å²) in [4.78, 5) is 2.01. The molecule has 2 aliphatic heterocycles. The second-order valence-electron chi connectivity index (χ2n) is 8.18. The molecule has 32 heavy (non-hydrogen) atoms. The van der Waals surface area contributed by atoms with Crippen LogP contribution in [0.4, 0.5) is 5.69 Å². The van der Waals surface area contributed by atoms with Gasteiger partial charge in [0.2, 0.25) is 0 Å². The van der Waals surface area contributed by atoms with Gasteiger partial charge in [-0.15, -0.1) is 0 Å². The molecule has 2 N–H and O–H groups in total. The van der Waals surface area contributed by atoms with Gasteiger partial charge in [0.05, 0.1) is 22.9 Å². The number of rotatable bonds is 5. The third kappa shape index (κ3) is 4.18. The fourth-order valence-corrected chi connectivity index (χ4v) is 6.10. The van der Waals surface area contributed by atoms with Crippen LogP contribution in [0.15, 0.2) is 77.1 Å². The minimum absolute atomic E-state index is 0.0981. The lowest BCUT2D eigenvalue weighted by Gasteiger charge is -2.28. The highest BCUT2D eigenvalue weighted by molar-refractivity contribution is 7.90. The van der Waals surface area contributed by atoms with E-state index in [-0.39, 0.29) is 17.2 Å². The van der Waals surface area contributed by atoms with Crippen molar-refractivity contribution in [1.82, 2.24) is 9.21 Å². The van der Waals surface area contributed by atoms with E-state index in [2.05, 4.69) is 0 Å². The Morgan fingerprint density at radius 2 is 1.66 bits per heavy atom.